The number of carbonyl (C=O) groups excluding carboxylic acids is 2. The van der Waals surface area contributed by atoms with Crippen LogP contribution in [-0.4, -0.2) is 62.0 Å². The molecule has 1 aliphatic carbocycles. The lowest BCUT2D eigenvalue weighted by Gasteiger charge is -2.19. The quantitative estimate of drug-likeness (QED) is 0.225. The molecule has 5 N–H and O–H groups in total. The fourth-order valence-corrected chi connectivity index (χ4v) is 6.31. The van der Waals surface area contributed by atoms with Gasteiger partial charge in [-0.1, -0.05) is 46.7 Å². The van der Waals surface area contributed by atoms with Gasteiger partial charge in [0.2, 0.25) is 11.9 Å². The first-order chi connectivity index (χ1) is 18.2. The monoisotopic (exact) mass is 573 g/mol. The van der Waals surface area contributed by atoms with Crippen molar-refractivity contribution in [2.75, 3.05) is 23.3 Å². The Morgan fingerprint density at radius 3 is 2.53 bits per heavy atom. The van der Waals surface area contributed by atoms with Crippen molar-refractivity contribution in [1.29, 1.82) is 0 Å². The molecule has 1 aliphatic heterocycles. The maximum Gasteiger partial charge on any atom is 0.347 e. The molecule has 1 saturated heterocycles. The Balaban J connectivity index is 1.09. The van der Waals surface area contributed by atoms with Gasteiger partial charge in [-0.05, 0) is 19.1 Å². The second-order valence-corrected chi connectivity index (χ2v) is 11.1. The van der Waals surface area contributed by atoms with Crippen LogP contribution >= 0.6 is 34.5 Å². The van der Waals surface area contributed by atoms with Crippen molar-refractivity contribution in [3.8, 4) is 0 Å². The molecule has 196 valence electrons. The topological polar surface area (TPSA) is 156 Å². The molecule has 0 bridgehead atoms. The highest BCUT2D eigenvalue weighted by Crippen LogP contribution is 2.48. The number of benzene rings is 1. The number of fused-ring (bicyclic) bond motifs is 2. The number of halogens is 2. The van der Waals surface area contributed by atoms with Gasteiger partial charge in [-0.15, -0.1) is 0 Å². The third-order valence-corrected chi connectivity index (χ3v) is 8.99. The van der Waals surface area contributed by atoms with E-state index in [0.717, 1.165) is 16.9 Å². The number of hydrogen-bond donors (Lipinski definition) is 5. The number of aryl methyl sites for hydroxylation is 1. The van der Waals surface area contributed by atoms with Gasteiger partial charge in [-0.3, -0.25) is 14.9 Å². The third kappa shape index (κ3) is 4.38. The maximum atomic E-state index is 12.7. The fourth-order valence-electron chi connectivity index (χ4n) is 4.95. The van der Waals surface area contributed by atoms with Crippen LogP contribution in [0.4, 0.5) is 11.1 Å². The Labute approximate surface area is 229 Å². The summed E-state index contributed by atoms with van der Waals surface area (Å²) in [4.78, 5) is 53.9. The minimum absolute atomic E-state index is 0.00911. The predicted octanol–water partition coefficient (Wildman–Crippen LogP) is 3.71. The van der Waals surface area contributed by atoms with E-state index in [1.54, 1.807) is 6.92 Å². The van der Waals surface area contributed by atoms with Crippen molar-refractivity contribution in [1.82, 2.24) is 25.3 Å². The van der Waals surface area contributed by atoms with Crippen LogP contribution in [0.2, 0.25) is 10.0 Å². The molecule has 4 aromatic rings. The van der Waals surface area contributed by atoms with E-state index in [1.807, 2.05) is 29.2 Å². The summed E-state index contributed by atoms with van der Waals surface area (Å²) in [6.07, 6.45) is -0.201. The van der Waals surface area contributed by atoms with Crippen molar-refractivity contribution >= 4 is 74.4 Å². The van der Waals surface area contributed by atoms with Gasteiger partial charge < -0.3 is 25.3 Å². The number of amides is 2. The Morgan fingerprint density at radius 2 is 1.87 bits per heavy atom. The van der Waals surface area contributed by atoms with Crippen LogP contribution in [0.3, 0.4) is 0 Å². The van der Waals surface area contributed by atoms with Gasteiger partial charge in [-0.25, -0.2) is 14.8 Å². The van der Waals surface area contributed by atoms with E-state index in [-0.39, 0.29) is 57.4 Å². The third-order valence-electron chi connectivity index (χ3n) is 6.90. The number of nitrogens with one attached hydrogen (secondary N) is 4. The molecule has 1 aromatic carbocycles. The highest BCUT2D eigenvalue weighted by atomic mass is 35.5. The van der Waals surface area contributed by atoms with Gasteiger partial charge in [0.1, 0.15) is 10.6 Å². The smallest absolute Gasteiger partial charge is 0.347 e. The zero-order chi connectivity index (χ0) is 26.7. The normalized spacial score (nSPS) is 20.0. The fraction of sp³-hybridized carbons (Fsp3) is 0.292. The molecule has 2 fully saturated rings. The highest BCUT2D eigenvalue weighted by Gasteiger charge is 2.57. The number of para-hydroxylation sites is 2. The molecule has 3 atom stereocenters. The van der Waals surface area contributed by atoms with E-state index in [2.05, 4.69) is 30.6 Å². The Bertz CT molecular complexity index is 1570. The van der Waals surface area contributed by atoms with Gasteiger partial charge in [-0.2, -0.15) is 0 Å². The molecule has 38 heavy (non-hydrogen) atoms. The summed E-state index contributed by atoms with van der Waals surface area (Å²) in [6.45, 7) is 2.97. The van der Waals surface area contributed by atoms with Crippen molar-refractivity contribution < 1.29 is 19.5 Å². The molecule has 2 aliphatic rings. The summed E-state index contributed by atoms with van der Waals surface area (Å²) >= 11 is 13.3. The second-order valence-electron chi connectivity index (χ2n) is 9.39. The van der Waals surface area contributed by atoms with Gasteiger partial charge in [0.05, 0.1) is 33.2 Å². The summed E-state index contributed by atoms with van der Waals surface area (Å²) < 4.78 is 0. The van der Waals surface area contributed by atoms with Gasteiger partial charge in [0, 0.05) is 36.7 Å². The van der Waals surface area contributed by atoms with E-state index in [4.69, 9.17) is 23.2 Å². The first-order valence-electron chi connectivity index (χ1n) is 11.8. The molecular formula is C24H21Cl2N7O4S. The standard InChI is InChI=1S/C24H21Cl2N7O4S/c1-9-16(25)17(26)19(27-9)21(35)32-18-10-7-33(8-11(10)18)24-30-14(20(38-24)22(36)37)6-15(34)31-23-28-12-4-2-3-5-13(12)29-23/h2-5,10-11,18,27H,6-8H2,1H3,(H,32,35)(H,36,37)(H2,28,29,31,34)/t10-,11+,18?. The number of thiazole rings is 1. The molecule has 2 amide bonds. The van der Waals surface area contributed by atoms with Crippen LogP contribution in [-0.2, 0) is 11.2 Å². The zero-order valence-electron chi connectivity index (χ0n) is 19.8. The number of carbonyl (C=O) groups is 3. The first kappa shape index (κ1) is 24.7. The van der Waals surface area contributed by atoms with E-state index in [0.29, 0.717) is 34.5 Å². The largest absolute Gasteiger partial charge is 0.477 e. The Morgan fingerprint density at radius 1 is 1.13 bits per heavy atom. The van der Waals surface area contributed by atoms with Gasteiger partial charge in [0.25, 0.3) is 5.91 Å². The number of piperidine rings is 1. The van der Waals surface area contributed by atoms with Crippen molar-refractivity contribution in [3.05, 3.63) is 56.3 Å². The van der Waals surface area contributed by atoms with E-state index < -0.39 is 11.9 Å². The predicted molar refractivity (Wildman–Crippen MR) is 143 cm³/mol. The number of nitrogens with zero attached hydrogens (tertiary/aromatic N) is 3. The van der Waals surface area contributed by atoms with Crippen LogP contribution in [0.25, 0.3) is 11.0 Å². The van der Waals surface area contributed by atoms with Gasteiger partial charge in [0.15, 0.2) is 5.13 Å². The SMILES string of the molecule is Cc1[nH]c(C(=O)NC2[C@H]3CN(c4nc(CC(=O)Nc5nc6ccccc6[nH]5)c(C(=O)O)s4)C[C@@H]23)c(Cl)c1Cl. The molecule has 14 heteroatoms. The van der Waals surface area contributed by atoms with Crippen molar-refractivity contribution in [3.63, 3.8) is 0 Å². The molecule has 0 radical (unpaired) electrons. The van der Waals surface area contributed by atoms with Crippen LogP contribution in [0.15, 0.2) is 24.3 Å². The van der Waals surface area contributed by atoms with Crippen LogP contribution in [0, 0.1) is 18.8 Å². The number of H-pyrrole nitrogens is 2. The summed E-state index contributed by atoms with van der Waals surface area (Å²) in [7, 11) is 0. The second kappa shape index (κ2) is 9.29. The number of hydrogen-bond acceptors (Lipinski definition) is 7. The maximum absolute atomic E-state index is 12.7. The lowest BCUT2D eigenvalue weighted by Crippen LogP contribution is -2.34. The summed E-state index contributed by atoms with van der Waals surface area (Å²) in [6, 6.07) is 7.35. The summed E-state index contributed by atoms with van der Waals surface area (Å²) in [5.74, 6) is -1.16. The van der Waals surface area contributed by atoms with Crippen molar-refractivity contribution in [2.24, 2.45) is 11.8 Å². The van der Waals surface area contributed by atoms with E-state index in [1.165, 1.54) is 0 Å². The minimum atomic E-state index is -1.13. The summed E-state index contributed by atoms with van der Waals surface area (Å²) in [5.41, 5.74) is 2.56. The Hall–Kier alpha value is -3.61. The molecule has 1 unspecified atom stereocenters. The molecule has 1 saturated carbocycles. The molecule has 4 heterocycles. The van der Waals surface area contributed by atoms with E-state index in [9.17, 15) is 19.5 Å². The van der Waals surface area contributed by atoms with Crippen LogP contribution in [0.1, 0.15) is 31.5 Å². The highest BCUT2D eigenvalue weighted by molar-refractivity contribution is 7.17. The average Bonchev–Trinajstić information content (AvgIpc) is 3.38. The summed E-state index contributed by atoms with van der Waals surface area (Å²) in [5, 5.41) is 16.5. The van der Waals surface area contributed by atoms with Gasteiger partial charge >= 0.3 is 5.97 Å². The molecule has 11 nitrogen and oxygen atoms in total. The number of carboxylic acid groups (broad SMARTS) is 1. The number of rotatable bonds is 7. The van der Waals surface area contributed by atoms with Crippen molar-refractivity contribution in [2.45, 2.75) is 19.4 Å². The number of aromatic amines is 2. The number of aromatic carboxylic acids is 1. The molecule has 6 rings (SSSR count). The Kier molecular flexibility index (Phi) is 6.04. The zero-order valence-corrected chi connectivity index (χ0v) is 22.2. The molecule has 0 spiro atoms. The average molecular weight is 574 g/mol. The number of aromatic nitrogens is 4. The molecule has 3 aromatic heterocycles. The number of anilines is 2. The molecular weight excluding hydrogens is 553 g/mol. The lowest BCUT2D eigenvalue weighted by molar-refractivity contribution is -0.115. The minimum Gasteiger partial charge on any atom is -0.477 e. The number of carboxylic acids is 1. The van der Waals surface area contributed by atoms with E-state index >= 15 is 0 Å². The van der Waals surface area contributed by atoms with Crippen LogP contribution in [0.5, 0.6) is 0 Å². The lowest BCUT2D eigenvalue weighted by atomic mass is 10.2. The first-order valence-corrected chi connectivity index (χ1v) is 13.3. The number of imidazole rings is 1. The van der Waals surface area contributed by atoms with Crippen LogP contribution < -0.4 is 15.5 Å².